The molecule has 3 amide bonds. The van der Waals surface area contributed by atoms with Crippen molar-refractivity contribution in [3.05, 3.63) is 62.1 Å². The van der Waals surface area contributed by atoms with Gasteiger partial charge in [0.2, 0.25) is 0 Å². The van der Waals surface area contributed by atoms with E-state index in [0.29, 0.717) is 9.92 Å². The first kappa shape index (κ1) is 16.9. The number of urea groups is 1. The van der Waals surface area contributed by atoms with Crippen LogP contribution in [0, 0.1) is 0 Å². The second-order valence-electron chi connectivity index (χ2n) is 4.17. The molecule has 0 spiro atoms. The molecular formula is C14H8Cl4N2O2. The fourth-order valence-electron chi connectivity index (χ4n) is 1.80. The molecular weight excluding hydrogens is 370 g/mol. The van der Waals surface area contributed by atoms with E-state index in [1.807, 2.05) is 0 Å². The van der Waals surface area contributed by atoms with Gasteiger partial charge in [-0.05, 0) is 30.3 Å². The van der Waals surface area contributed by atoms with Gasteiger partial charge in [0.25, 0.3) is 5.91 Å². The Morgan fingerprint density at radius 2 is 1.50 bits per heavy atom. The summed E-state index contributed by atoms with van der Waals surface area (Å²) < 4.78 is 0. The molecule has 0 saturated carbocycles. The highest BCUT2D eigenvalue weighted by molar-refractivity contribution is 6.43. The molecule has 2 aromatic carbocycles. The molecule has 2 rings (SSSR count). The molecule has 0 radical (unpaired) electrons. The standard InChI is InChI=1S/C14H8Cl4N2O2/c15-7-4-5-11(10(18)6-7)20(14(19)22)13(21)12-8(16)2-1-3-9(12)17/h1-6H,(H2,19,22). The van der Waals surface area contributed by atoms with Crippen LogP contribution in [0.5, 0.6) is 0 Å². The summed E-state index contributed by atoms with van der Waals surface area (Å²) in [6.45, 7) is 0. The van der Waals surface area contributed by atoms with E-state index in [-0.39, 0.29) is 26.3 Å². The van der Waals surface area contributed by atoms with Crippen LogP contribution in [-0.2, 0) is 0 Å². The number of hydrogen-bond acceptors (Lipinski definition) is 2. The zero-order valence-corrected chi connectivity index (χ0v) is 13.8. The number of anilines is 1. The molecule has 0 aliphatic rings. The number of primary amides is 1. The number of hydrogen-bond donors (Lipinski definition) is 1. The summed E-state index contributed by atoms with van der Waals surface area (Å²) in [5.41, 5.74) is 5.34. The minimum atomic E-state index is -1.02. The minimum absolute atomic E-state index is 0.0457. The van der Waals surface area contributed by atoms with Crippen LogP contribution in [0.15, 0.2) is 36.4 Å². The highest BCUT2D eigenvalue weighted by Gasteiger charge is 2.28. The number of nitrogens with zero attached hydrogens (tertiary/aromatic N) is 1. The molecule has 0 bridgehead atoms. The van der Waals surface area contributed by atoms with Gasteiger partial charge in [0.05, 0.1) is 26.3 Å². The first-order valence-corrected chi connectivity index (χ1v) is 7.37. The van der Waals surface area contributed by atoms with Gasteiger partial charge >= 0.3 is 6.03 Å². The van der Waals surface area contributed by atoms with E-state index in [9.17, 15) is 9.59 Å². The zero-order valence-electron chi connectivity index (χ0n) is 10.8. The summed E-state index contributed by atoms with van der Waals surface area (Å²) in [4.78, 5) is 25.0. The maximum Gasteiger partial charge on any atom is 0.326 e. The second kappa shape index (κ2) is 6.75. The smallest absolute Gasteiger partial charge is 0.326 e. The highest BCUT2D eigenvalue weighted by atomic mass is 35.5. The molecule has 4 nitrogen and oxygen atoms in total. The average Bonchev–Trinajstić information content (AvgIpc) is 2.41. The lowest BCUT2D eigenvalue weighted by Gasteiger charge is -2.21. The maximum absolute atomic E-state index is 12.6. The van der Waals surface area contributed by atoms with E-state index in [1.165, 1.54) is 30.3 Å². The van der Waals surface area contributed by atoms with Crippen molar-refractivity contribution in [3.8, 4) is 0 Å². The van der Waals surface area contributed by atoms with Gasteiger partial charge in [0, 0.05) is 5.02 Å². The van der Waals surface area contributed by atoms with Crippen LogP contribution in [0.3, 0.4) is 0 Å². The van der Waals surface area contributed by atoms with Crippen LogP contribution in [0.4, 0.5) is 10.5 Å². The normalized spacial score (nSPS) is 10.4. The summed E-state index contributed by atoms with van der Waals surface area (Å²) in [7, 11) is 0. The van der Waals surface area contributed by atoms with Gasteiger partial charge in [0.15, 0.2) is 0 Å². The van der Waals surface area contributed by atoms with Crippen molar-refractivity contribution in [2.24, 2.45) is 5.73 Å². The van der Waals surface area contributed by atoms with Crippen LogP contribution in [-0.4, -0.2) is 11.9 Å². The van der Waals surface area contributed by atoms with Gasteiger partial charge in [-0.3, -0.25) is 4.79 Å². The number of rotatable bonds is 2. The van der Waals surface area contributed by atoms with Gasteiger partial charge < -0.3 is 5.73 Å². The summed E-state index contributed by atoms with van der Waals surface area (Å²) >= 11 is 23.8. The molecule has 0 unspecified atom stereocenters. The van der Waals surface area contributed by atoms with Gasteiger partial charge in [-0.2, -0.15) is 0 Å². The van der Waals surface area contributed by atoms with Crippen LogP contribution in [0.2, 0.25) is 20.1 Å². The molecule has 2 aromatic rings. The number of carbonyl (C=O) groups is 2. The molecule has 0 heterocycles. The van der Waals surface area contributed by atoms with E-state index < -0.39 is 11.9 Å². The van der Waals surface area contributed by atoms with Crippen LogP contribution in [0.25, 0.3) is 0 Å². The lowest BCUT2D eigenvalue weighted by atomic mass is 10.1. The van der Waals surface area contributed by atoms with E-state index in [4.69, 9.17) is 52.1 Å². The van der Waals surface area contributed by atoms with Crippen molar-refractivity contribution >= 4 is 64.0 Å². The third-order valence-corrected chi connectivity index (χ3v) is 3.92. The summed E-state index contributed by atoms with van der Waals surface area (Å²) in [5, 5.41) is 0.617. The molecule has 2 N–H and O–H groups in total. The Bertz CT molecular complexity index is 744. The fraction of sp³-hybridized carbons (Fsp3) is 0. The van der Waals surface area contributed by atoms with Crippen molar-refractivity contribution in [1.82, 2.24) is 0 Å². The Hall–Kier alpha value is -1.46. The van der Waals surface area contributed by atoms with Gasteiger partial charge in [0.1, 0.15) is 0 Å². The van der Waals surface area contributed by atoms with Crippen LogP contribution in [0.1, 0.15) is 10.4 Å². The van der Waals surface area contributed by atoms with E-state index in [0.717, 1.165) is 0 Å². The average molecular weight is 378 g/mol. The predicted molar refractivity (Wildman–Crippen MR) is 89.3 cm³/mol. The number of imide groups is 1. The topological polar surface area (TPSA) is 63.4 Å². The second-order valence-corrected chi connectivity index (χ2v) is 5.83. The molecule has 0 aromatic heterocycles. The first-order valence-electron chi connectivity index (χ1n) is 5.86. The molecule has 8 heteroatoms. The molecule has 0 fully saturated rings. The maximum atomic E-state index is 12.6. The van der Waals surface area contributed by atoms with Crippen molar-refractivity contribution in [3.63, 3.8) is 0 Å². The first-order chi connectivity index (χ1) is 10.3. The Kier molecular flexibility index (Phi) is 5.19. The van der Waals surface area contributed by atoms with Gasteiger partial charge in [-0.15, -0.1) is 0 Å². The number of benzene rings is 2. The largest absolute Gasteiger partial charge is 0.351 e. The number of carbonyl (C=O) groups excluding carboxylic acids is 2. The van der Waals surface area contributed by atoms with Crippen molar-refractivity contribution in [1.29, 1.82) is 0 Å². The molecule has 0 aliphatic heterocycles. The molecule has 114 valence electrons. The molecule has 0 saturated heterocycles. The van der Waals surface area contributed by atoms with E-state index >= 15 is 0 Å². The quantitative estimate of drug-likeness (QED) is 0.797. The number of halogens is 4. The number of amides is 3. The SMILES string of the molecule is NC(=O)N(C(=O)c1c(Cl)cccc1Cl)c1ccc(Cl)cc1Cl. The Labute approximate surface area is 146 Å². The minimum Gasteiger partial charge on any atom is -0.351 e. The summed E-state index contributed by atoms with van der Waals surface area (Å²) in [6, 6.07) is 7.76. The Morgan fingerprint density at radius 1 is 0.909 bits per heavy atom. The van der Waals surface area contributed by atoms with Crippen LogP contribution >= 0.6 is 46.4 Å². The molecule has 22 heavy (non-hydrogen) atoms. The lowest BCUT2D eigenvalue weighted by Crippen LogP contribution is -2.41. The fourth-order valence-corrected chi connectivity index (χ4v) is 2.86. The Balaban J connectivity index is 2.58. The Morgan fingerprint density at radius 3 is 2.00 bits per heavy atom. The van der Waals surface area contributed by atoms with E-state index in [1.54, 1.807) is 6.07 Å². The third kappa shape index (κ3) is 3.31. The third-order valence-electron chi connectivity index (χ3n) is 2.75. The molecule has 0 aliphatic carbocycles. The molecule has 0 atom stereocenters. The summed E-state index contributed by atoms with van der Waals surface area (Å²) in [5.74, 6) is -0.785. The summed E-state index contributed by atoms with van der Waals surface area (Å²) in [6.07, 6.45) is 0. The van der Waals surface area contributed by atoms with Crippen molar-refractivity contribution in [2.75, 3.05) is 4.90 Å². The van der Waals surface area contributed by atoms with E-state index in [2.05, 4.69) is 0 Å². The lowest BCUT2D eigenvalue weighted by molar-refractivity contribution is 0.0995. The zero-order chi connectivity index (χ0) is 16.4. The van der Waals surface area contributed by atoms with Gasteiger partial charge in [-0.1, -0.05) is 52.5 Å². The van der Waals surface area contributed by atoms with Crippen molar-refractivity contribution < 1.29 is 9.59 Å². The van der Waals surface area contributed by atoms with Crippen molar-refractivity contribution in [2.45, 2.75) is 0 Å². The predicted octanol–water partition coefficient (Wildman–Crippen LogP) is 5.03. The van der Waals surface area contributed by atoms with Gasteiger partial charge in [-0.25, -0.2) is 9.69 Å². The number of nitrogens with two attached hydrogens (primary N) is 1. The monoisotopic (exact) mass is 376 g/mol. The highest BCUT2D eigenvalue weighted by Crippen LogP contribution is 2.32. The van der Waals surface area contributed by atoms with Crippen LogP contribution < -0.4 is 10.6 Å².